The summed E-state index contributed by atoms with van der Waals surface area (Å²) < 4.78 is 10.2. The minimum Gasteiger partial charge on any atom is -0.497 e. The molecule has 0 heterocycles. The van der Waals surface area contributed by atoms with Crippen LogP contribution in [0.4, 0.5) is 5.69 Å². The van der Waals surface area contributed by atoms with Crippen molar-refractivity contribution in [2.45, 2.75) is 13.0 Å². The van der Waals surface area contributed by atoms with Crippen LogP contribution in [0, 0.1) is 0 Å². The van der Waals surface area contributed by atoms with Gasteiger partial charge >= 0.3 is 5.97 Å². The minimum absolute atomic E-state index is 0.237. The van der Waals surface area contributed by atoms with E-state index in [-0.39, 0.29) is 17.0 Å². The van der Waals surface area contributed by atoms with E-state index in [0.29, 0.717) is 16.3 Å². The second-order valence-corrected chi connectivity index (χ2v) is 5.28. The first-order valence-corrected chi connectivity index (χ1v) is 7.24. The predicted molar refractivity (Wildman–Crippen MR) is 88.1 cm³/mol. The number of carbonyl (C=O) groups is 2. The van der Waals surface area contributed by atoms with Gasteiger partial charge in [-0.15, -0.1) is 0 Å². The summed E-state index contributed by atoms with van der Waals surface area (Å²) in [5.74, 6) is -0.298. The van der Waals surface area contributed by atoms with Crippen molar-refractivity contribution in [2.24, 2.45) is 0 Å². The maximum absolute atomic E-state index is 12.3. The van der Waals surface area contributed by atoms with E-state index < -0.39 is 12.1 Å². The summed E-state index contributed by atoms with van der Waals surface area (Å²) in [6.07, 6.45) is -0.923. The molecule has 0 aliphatic carbocycles. The van der Waals surface area contributed by atoms with Crippen molar-refractivity contribution in [3.63, 3.8) is 0 Å². The highest BCUT2D eigenvalue weighted by atomic mass is 35.5. The minimum atomic E-state index is -0.923. The highest BCUT2D eigenvalue weighted by Gasteiger charge is 2.20. The molecule has 0 saturated carbocycles. The Hall–Kier alpha value is -2.53. The molecule has 2 aromatic carbocycles. The Morgan fingerprint density at radius 2 is 1.70 bits per heavy atom. The van der Waals surface area contributed by atoms with Gasteiger partial charge in [0.25, 0.3) is 0 Å². The lowest BCUT2D eigenvalue weighted by Gasteiger charge is -2.13. The van der Waals surface area contributed by atoms with E-state index in [1.54, 1.807) is 31.4 Å². The summed E-state index contributed by atoms with van der Waals surface area (Å²) in [7, 11) is 1.54. The predicted octanol–water partition coefficient (Wildman–Crippen LogP) is 3.36. The Balaban J connectivity index is 2.07. The Labute approximate surface area is 139 Å². The number of ketones is 1. The Kier molecular flexibility index (Phi) is 5.24. The topological polar surface area (TPSA) is 78.6 Å². The molecule has 0 saturated heterocycles. The van der Waals surface area contributed by atoms with Crippen LogP contribution >= 0.6 is 11.6 Å². The second kappa shape index (κ2) is 7.15. The molecule has 1 atom stereocenters. The molecule has 2 aromatic rings. The molecule has 23 heavy (non-hydrogen) atoms. The molecule has 0 aliphatic heterocycles. The third-order valence-electron chi connectivity index (χ3n) is 3.26. The van der Waals surface area contributed by atoms with E-state index in [1.165, 1.54) is 25.1 Å². The smallest absolute Gasteiger partial charge is 0.338 e. The van der Waals surface area contributed by atoms with Crippen molar-refractivity contribution in [3.8, 4) is 5.75 Å². The summed E-state index contributed by atoms with van der Waals surface area (Å²) >= 11 is 5.80. The van der Waals surface area contributed by atoms with Gasteiger partial charge in [-0.05, 0) is 49.4 Å². The fraction of sp³-hybridized carbons (Fsp3) is 0.176. The summed E-state index contributed by atoms with van der Waals surface area (Å²) in [5.41, 5.74) is 6.59. The van der Waals surface area contributed by atoms with Crippen LogP contribution < -0.4 is 10.5 Å². The standard InChI is InChI=1S/C17H16ClNO4/c1-10(16(20)11-3-6-13(22-2)7-4-11)23-17(21)12-5-8-14(18)15(19)9-12/h3-10H,19H2,1-2H3. The van der Waals surface area contributed by atoms with Crippen LogP contribution in [0.15, 0.2) is 42.5 Å². The van der Waals surface area contributed by atoms with Crippen LogP contribution in [0.3, 0.4) is 0 Å². The van der Waals surface area contributed by atoms with Crippen molar-refractivity contribution >= 4 is 29.0 Å². The molecule has 0 bridgehead atoms. The molecule has 0 radical (unpaired) electrons. The molecule has 2 rings (SSSR count). The lowest BCUT2D eigenvalue weighted by atomic mass is 10.1. The van der Waals surface area contributed by atoms with Gasteiger partial charge in [0, 0.05) is 5.56 Å². The number of nitrogen functional groups attached to an aromatic ring is 1. The van der Waals surface area contributed by atoms with E-state index in [1.807, 2.05) is 0 Å². The Bertz CT molecular complexity index is 728. The van der Waals surface area contributed by atoms with E-state index in [2.05, 4.69) is 0 Å². The number of anilines is 1. The molecular formula is C17H16ClNO4. The van der Waals surface area contributed by atoms with Gasteiger partial charge in [-0.3, -0.25) is 4.79 Å². The van der Waals surface area contributed by atoms with Crippen LogP contribution in [-0.2, 0) is 4.74 Å². The first kappa shape index (κ1) is 16.8. The lowest BCUT2D eigenvalue weighted by molar-refractivity contribution is 0.0319. The number of nitrogens with two attached hydrogens (primary N) is 1. The van der Waals surface area contributed by atoms with E-state index in [0.717, 1.165) is 0 Å². The number of ether oxygens (including phenoxy) is 2. The summed E-state index contributed by atoms with van der Waals surface area (Å²) in [6.45, 7) is 1.52. The number of esters is 1. The van der Waals surface area contributed by atoms with Crippen LogP contribution in [-0.4, -0.2) is 25.0 Å². The fourth-order valence-corrected chi connectivity index (χ4v) is 2.06. The normalized spacial score (nSPS) is 11.6. The van der Waals surface area contributed by atoms with Gasteiger partial charge < -0.3 is 15.2 Å². The molecular weight excluding hydrogens is 318 g/mol. The molecule has 0 amide bonds. The molecule has 120 valence electrons. The monoisotopic (exact) mass is 333 g/mol. The van der Waals surface area contributed by atoms with Gasteiger partial charge in [0.1, 0.15) is 5.75 Å². The van der Waals surface area contributed by atoms with Crippen LogP contribution in [0.5, 0.6) is 5.75 Å². The van der Waals surface area contributed by atoms with Crippen molar-refractivity contribution in [3.05, 3.63) is 58.6 Å². The van der Waals surface area contributed by atoms with Gasteiger partial charge in [-0.25, -0.2) is 4.79 Å². The van der Waals surface area contributed by atoms with E-state index >= 15 is 0 Å². The highest BCUT2D eigenvalue weighted by molar-refractivity contribution is 6.33. The summed E-state index contributed by atoms with van der Waals surface area (Å²) in [5, 5.41) is 0.351. The second-order valence-electron chi connectivity index (χ2n) is 4.88. The molecule has 0 fully saturated rings. The molecule has 0 spiro atoms. The zero-order valence-corrected chi connectivity index (χ0v) is 13.5. The first-order valence-electron chi connectivity index (χ1n) is 6.86. The van der Waals surface area contributed by atoms with Crippen molar-refractivity contribution in [2.75, 3.05) is 12.8 Å². The number of carbonyl (C=O) groups excluding carboxylic acids is 2. The molecule has 0 aliphatic rings. The molecule has 0 aromatic heterocycles. The SMILES string of the molecule is COc1ccc(C(=O)C(C)OC(=O)c2ccc(Cl)c(N)c2)cc1. The number of methoxy groups -OCH3 is 1. The number of hydrogen-bond acceptors (Lipinski definition) is 5. The summed E-state index contributed by atoms with van der Waals surface area (Å²) in [4.78, 5) is 24.3. The number of hydrogen-bond donors (Lipinski definition) is 1. The maximum Gasteiger partial charge on any atom is 0.338 e. The zero-order valence-electron chi connectivity index (χ0n) is 12.7. The van der Waals surface area contributed by atoms with E-state index in [9.17, 15) is 9.59 Å². The number of benzene rings is 2. The van der Waals surface area contributed by atoms with Crippen LogP contribution in [0.25, 0.3) is 0 Å². The van der Waals surface area contributed by atoms with Gasteiger partial charge in [-0.1, -0.05) is 11.6 Å². The third kappa shape index (κ3) is 4.02. The maximum atomic E-state index is 12.3. The number of halogens is 1. The van der Waals surface area contributed by atoms with Gasteiger partial charge in [0.2, 0.25) is 5.78 Å². The number of rotatable bonds is 5. The van der Waals surface area contributed by atoms with Crippen molar-refractivity contribution in [1.82, 2.24) is 0 Å². The van der Waals surface area contributed by atoms with Crippen LogP contribution in [0.2, 0.25) is 5.02 Å². The molecule has 1 unspecified atom stereocenters. The average molecular weight is 334 g/mol. The van der Waals surface area contributed by atoms with Gasteiger partial charge in [0.05, 0.1) is 23.4 Å². The van der Waals surface area contributed by atoms with Gasteiger partial charge in [-0.2, -0.15) is 0 Å². The van der Waals surface area contributed by atoms with Gasteiger partial charge in [0.15, 0.2) is 6.10 Å². The zero-order chi connectivity index (χ0) is 17.0. The molecule has 6 heteroatoms. The van der Waals surface area contributed by atoms with E-state index in [4.69, 9.17) is 26.8 Å². The van der Waals surface area contributed by atoms with Crippen molar-refractivity contribution < 1.29 is 19.1 Å². The largest absolute Gasteiger partial charge is 0.497 e. The highest BCUT2D eigenvalue weighted by Crippen LogP contribution is 2.20. The lowest BCUT2D eigenvalue weighted by Crippen LogP contribution is -2.24. The average Bonchev–Trinajstić information content (AvgIpc) is 2.56. The summed E-state index contributed by atoms with van der Waals surface area (Å²) in [6, 6.07) is 11.0. The Morgan fingerprint density at radius 3 is 2.26 bits per heavy atom. The molecule has 2 N–H and O–H groups in total. The van der Waals surface area contributed by atoms with Crippen LogP contribution in [0.1, 0.15) is 27.6 Å². The first-order chi connectivity index (χ1) is 10.9. The van der Waals surface area contributed by atoms with Crippen molar-refractivity contribution in [1.29, 1.82) is 0 Å². The Morgan fingerprint density at radius 1 is 1.09 bits per heavy atom. The molecule has 5 nitrogen and oxygen atoms in total. The number of Topliss-reactive ketones (excluding diaryl/α,β-unsaturated/α-hetero) is 1. The third-order valence-corrected chi connectivity index (χ3v) is 3.60. The quantitative estimate of drug-likeness (QED) is 0.515. The fourth-order valence-electron chi connectivity index (χ4n) is 1.94.